The molecule has 1 N–H and O–H groups in total. The molecular formula is C12H18BrFN2. The van der Waals surface area contributed by atoms with E-state index < -0.39 is 0 Å². The van der Waals surface area contributed by atoms with Crippen LogP contribution in [0.3, 0.4) is 0 Å². The van der Waals surface area contributed by atoms with Crippen LogP contribution in [0.4, 0.5) is 4.39 Å². The van der Waals surface area contributed by atoms with Crippen molar-refractivity contribution in [2.45, 2.75) is 13.0 Å². The lowest BCUT2D eigenvalue weighted by Crippen LogP contribution is -2.31. The quantitative estimate of drug-likeness (QED) is 0.896. The minimum atomic E-state index is -0.156. The molecule has 1 atom stereocenters. The Morgan fingerprint density at radius 3 is 2.69 bits per heavy atom. The summed E-state index contributed by atoms with van der Waals surface area (Å²) < 4.78 is 14.6. The lowest BCUT2D eigenvalue weighted by Gasteiger charge is -2.22. The fraction of sp³-hybridized carbons (Fsp3) is 0.500. The summed E-state index contributed by atoms with van der Waals surface area (Å²) in [4.78, 5) is 2.05. The van der Waals surface area contributed by atoms with Crippen LogP contribution >= 0.6 is 15.9 Å². The second-order valence-electron chi connectivity index (χ2n) is 4.04. The van der Waals surface area contributed by atoms with Gasteiger partial charge in [0.2, 0.25) is 0 Å². The van der Waals surface area contributed by atoms with Gasteiger partial charge in [-0.2, -0.15) is 0 Å². The first kappa shape index (κ1) is 13.6. The van der Waals surface area contributed by atoms with Crippen LogP contribution in [0.1, 0.15) is 18.5 Å². The Hall–Kier alpha value is -0.450. The highest BCUT2D eigenvalue weighted by atomic mass is 79.9. The number of hydrogen-bond donors (Lipinski definition) is 1. The molecule has 0 aromatic heterocycles. The van der Waals surface area contributed by atoms with Gasteiger partial charge in [0.1, 0.15) is 5.82 Å². The Morgan fingerprint density at radius 2 is 2.12 bits per heavy atom. The predicted octanol–water partition coefficient (Wildman–Crippen LogP) is 2.80. The average molecular weight is 289 g/mol. The van der Waals surface area contributed by atoms with E-state index in [0.29, 0.717) is 5.56 Å². The molecule has 0 aliphatic carbocycles. The van der Waals surface area contributed by atoms with E-state index in [1.165, 1.54) is 6.07 Å². The summed E-state index contributed by atoms with van der Waals surface area (Å²) in [5, 5.41) is 3.30. The molecule has 16 heavy (non-hydrogen) atoms. The summed E-state index contributed by atoms with van der Waals surface area (Å²) in [6, 6.07) is 5.08. The van der Waals surface area contributed by atoms with Gasteiger partial charge in [0.25, 0.3) is 0 Å². The van der Waals surface area contributed by atoms with Gasteiger partial charge in [-0.1, -0.05) is 22.9 Å². The van der Waals surface area contributed by atoms with Crippen molar-refractivity contribution in [2.24, 2.45) is 0 Å². The van der Waals surface area contributed by atoms with Gasteiger partial charge in [0, 0.05) is 22.6 Å². The summed E-state index contributed by atoms with van der Waals surface area (Å²) in [5.74, 6) is -0.156. The maximum absolute atomic E-state index is 13.7. The Morgan fingerprint density at radius 1 is 1.44 bits per heavy atom. The molecule has 2 nitrogen and oxygen atoms in total. The molecule has 0 spiro atoms. The van der Waals surface area contributed by atoms with E-state index in [1.54, 1.807) is 6.07 Å². The molecule has 4 heteroatoms. The van der Waals surface area contributed by atoms with Crippen LogP contribution in [-0.2, 0) is 0 Å². The average Bonchev–Trinajstić information content (AvgIpc) is 2.20. The molecule has 1 aromatic carbocycles. The summed E-state index contributed by atoms with van der Waals surface area (Å²) >= 11 is 3.37. The molecule has 0 bridgehead atoms. The molecule has 0 saturated carbocycles. The van der Waals surface area contributed by atoms with Crippen LogP contribution in [-0.4, -0.2) is 32.1 Å². The Labute approximate surface area is 105 Å². The van der Waals surface area contributed by atoms with Crippen molar-refractivity contribution in [1.29, 1.82) is 0 Å². The number of hydrogen-bond acceptors (Lipinski definition) is 2. The van der Waals surface area contributed by atoms with Crippen LogP contribution in [0, 0.1) is 5.82 Å². The first-order chi connectivity index (χ1) is 7.54. The lowest BCUT2D eigenvalue weighted by molar-refractivity contribution is 0.339. The van der Waals surface area contributed by atoms with Gasteiger partial charge >= 0.3 is 0 Å². The van der Waals surface area contributed by atoms with Crippen molar-refractivity contribution in [3.63, 3.8) is 0 Å². The second-order valence-corrected chi connectivity index (χ2v) is 4.95. The van der Waals surface area contributed by atoms with Crippen LogP contribution in [0.5, 0.6) is 0 Å². The minimum Gasteiger partial charge on any atom is -0.309 e. The van der Waals surface area contributed by atoms with Crippen molar-refractivity contribution < 1.29 is 4.39 Å². The van der Waals surface area contributed by atoms with Crippen molar-refractivity contribution in [3.8, 4) is 0 Å². The smallest absolute Gasteiger partial charge is 0.128 e. The summed E-state index contributed by atoms with van der Waals surface area (Å²) in [6.07, 6.45) is 0. The van der Waals surface area contributed by atoms with Crippen LogP contribution in [0.2, 0.25) is 0 Å². The van der Waals surface area contributed by atoms with Crippen molar-refractivity contribution >= 4 is 15.9 Å². The molecule has 0 radical (unpaired) electrons. The standard InChI is InChI=1S/C12H18BrFN2/c1-4-15-12(8-16(2)3)10-7-9(13)5-6-11(10)14/h5-7,12,15H,4,8H2,1-3H3. The molecule has 90 valence electrons. The van der Waals surface area contributed by atoms with E-state index in [4.69, 9.17) is 0 Å². The molecule has 0 amide bonds. The number of rotatable bonds is 5. The fourth-order valence-electron chi connectivity index (χ4n) is 1.67. The number of nitrogens with zero attached hydrogens (tertiary/aromatic N) is 1. The largest absolute Gasteiger partial charge is 0.309 e. The second kappa shape index (κ2) is 6.33. The van der Waals surface area contributed by atoms with Crippen molar-refractivity contribution in [3.05, 3.63) is 34.1 Å². The Balaban J connectivity index is 2.94. The maximum Gasteiger partial charge on any atom is 0.128 e. The van der Waals surface area contributed by atoms with Crippen molar-refractivity contribution in [2.75, 3.05) is 27.2 Å². The Kier molecular flexibility index (Phi) is 5.38. The van der Waals surface area contributed by atoms with Gasteiger partial charge in [-0.25, -0.2) is 4.39 Å². The SMILES string of the molecule is CCNC(CN(C)C)c1cc(Br)ccc1F. The molecule has 1 rings (SSSR count). The monoisotopic (exact) mass is 288 g/mol. The predicted molar refractivity (Wildman–Crippen MR) is 69.1 cm³/mol. The summed E-state index contributed by atoms with van der Waals surface area (Å²) in [6.45, 7) is 3.63. The van der Waals surface area contributed by atoms with Gasteiger partial charge in [-0.05, 0) is 38.8 Å². The van der Waals surface area contributed by atoms with Gasteiger partial charge in [-0.15, -0.1) is 0 Å². The highest BCUT2D eigenvalue weighted by Gasteiger charge is 2.15. The molecule has 1 aromatic rings. The highest BCUT2D eigenvalue weighted by Crippen LogP contribution is 2.22. The molecule has 1 unspecified atom stereocenters. The number of likely N-dealkylation sites (N-methyl/N-ethyl adjacent to an activating group) is 2. The third-order valence-corrected chi connectivity index (χ3v) is 2.82. The van der Waals surface area contributed by atoms with Crippen LogP contribution in [0.15, 0.2) is 22.7 Å². The number of halogens is 2. The molecule has 0 saturated heterocycles. The van der Waals surface area contributed by atoms with Gasteiger partial charge in [0.05, 0.1) is 0 Å². The van der Waals surface area contributed by atoms with Crippen LogP contribution < -0.4 is 5.32 Å². The zero-order chi connectivity index (χ0) is 12.1. The third-order valence-electron chi connectivity index (χ3n) is 2.33. The van der Waals surface area contributed by atoms with Gasteiger partial charge in [0.15, 0.2) is 0 Å². The van der Waals surface area contributed by atoms with Gasteiger partial charge in [-0.3, -0.25) is 0 Å². The first-order valence-electron chi connectivity index (χ1n) is 5.37. The molecule has 0 aliphatic rings. The molecule has 0 heterocycles. The molecular weight excluding hydrogens is 271 g/mol. The van der Waals surface area contributed by atoms with E-state index in [-0.39, 0.29) is 11.9 Å². The lowest BCUT2D eigenvalue weighted by atomic mass is 10.1. The summed E-state index contributed by atoms with van der Waals surface area (Å²) in [5.41, 5.74) is 0.713. The van der Waals surface area contributed by atoms with Crippen molar-refractivity contribution in [1.82, 2.24) is 10.2 Å². The topological polar surface area (TPSA) is 15.3 Å². The fourth-order valence-corrected chi connectivity index (χ4v) is 2.04. The van der Waals surface area contributed by atoms with E-state index >= 15 is 0 Å². The first-order valence-corrected chi connectivity index (χ1v) is 6.17. The summed E-state index contributed by atoms with van der Waals surface area (Å²) in [7, 11) is 3.97. The molecule has 0 aliphatic heterocycles. The zero-order valence-electron chi connectivity index (χ0n) is 9.93. The molecule has 0 fully saturated rings. The van der Waals surface area contributed by atoms with E-state index in [1.807, 2.05) is 32.0 Å². The maximum atomic E-state index is 13.7. The van der Waals surface area contributed by atoms with E-state index in [2.05, 4.69) is 21.2 Å². The highest BCUT2D eigenvalue weighted by molar-refractivity contribution is 9.10. The minimum absolute atomic E-state index is 0.0255. The third kappa shape index (κ3) is 3.85. The van der Waals surface area contributed by atoms with E-state index in [0.717, 1.165) is 17.6 Å². The zero-order valence-corrected chi connectivity index (χ0v) is 11.5. The van der Waals surface area contributed by atoms with Crippen LogP contribution in [0.25, 0.3) is 0 Å². The van der Waals surface area contributed by atoms with E-state index in [9.17, 15) is 4.39 Å². The Bertz CT molecular complexity index is 342. The number of benzene rings is 1. The van der Waals surface area contributed by atoms with Gasteiger partial charge < -0.3 is 10.2 Å². The normalized spacial score (nSPS) is 13.1. The number of nitrogens with one attached hydrogen (secondary N) is 1.